The number of hydrogen-bond donors (Lipinski definition) is 0. The maximum atomic E-state index is 11.8. The number of rotatable bonds is 2. The summed E-state index contributed by atoms with van der Waals surface area (Å²) in [6.07, 6.45) is 3.96. The summed E-state index contributed by atoms with van der Waals surface area (Å²) in [4.78, 5) is 20.6. The maximum Gasteiger partial charge on any atom is 0.166 e. The fourth-order valence-corrected chi connectivity index (χ4v) is 2.88. The lowest BCUT2D eigenvalue weighted by Gasteiger charge is -2.14. The zero-order valence-electron chi connectivity index (χ0n) is 11.0. The number of ether oxygens (including phenoxy) is 1. The standard InChI is InChI=1S/C15H13BrN2O2/c1-20-14-6-5-9(7-11(14)16)15-17-8-10-12(18-15)3-2-4-13(10)19/h5-8H,2-4H2,1H3. The number of fused-ring (bicyclic) bond motifs is 1. The molecule has 1 aliphatic carbocycles. The Morgan fingerprint density at radius 3 is 2.90 bits per heavy atom. The van der Waals surface area contributed by atoms with Crippen LogP contribution in [0.4, 0.5) is 0 Å². The van der Waals surface area contributed by atoms with Gasteiger partial charge in [0.15, 0.2) is 11.6 Å². The van der Waals surface area contributed by atoms with Crippen molar-refractivity contribution < 1.29 is 9.53 Å². The number of ketones is 1. The summed E-state index contributed by atoms with van der Waals surface area (Å²) < 4.78 is 6.06. The highest BCUT2D eigenvalue weighted by molar-refractivity contribution is 9.10. The van der Waals surface area contributed by atoms with Crippen molar-refractivity contribution in [2.24, 2.45) is 0 Å². The minimum atomic E-state index is 0.147. The van der Waals surface area contributed by atoms with Crippen LogP contribution >= 0.6 is 15.9 Å². The summed E-state index contributed by atoms with van der Waals surface area (Å²) in [6, 6.07) is 5.70. The third kappa shape index (κ3) is 2.33. The van der Waals surface area contributed by atoms with Gasteiger partial charge in [-0.15, -0.1) is 0 Å². The Morgan fingerprint density at radius 1 is 1.30 bits per heavy atom. The first kappa shape index (κ1) is 13.2. The molecule has 4 nitrogen and oxygen atoms in total. The van der Waals surface area contributed by atoms with Crippen LogP contribution in [0, 0.1) is 0 Å². The van der Waals surface area contributed by atoms with Crippen LogP contribution in [0.2, 0.25) is 0 Å². The van der Waals surface area contributed by atoms with E-state index in [1.807, 2.05) is 18.2 Å². The first-order valence-electron chi connectivity index (χ1n) is 6.42. The molecule has 0 N–H and O–H groups in total. The molecule has 3 rings (SSSR count). The monoisotopic (exact) mass is 332 g/mol. The Bertz CT molecular complexity index is 686. The first-order valence-corrected chi connectivity index (χ1v) is 7.21. The topological polar surface area (TPSA) is 52.1 Å². The molecule has 102 valence electrons. The quantitative estimate of drug-likeness (QED) is 0.845. The highest BCUT2D eigenvalue weighted by atomic mass is 79.9. The van der Waals surface area contributed by atoms with E-state index in [4.69, 9.17) is 4.74 Å². The van der Waals surface area contributed by atoms with Crippen molar-refractivity contribution in [2.75, 3.05) is 7.11 Å². The van der Waals surface area contributed by atoms with Gasteiger partial charge in [0.05, 0.1) is 22.8 Å². The number of carbonyl (C=O) groups excluding carboxylic acids is 1. The Kier molecular flexibility index (Phi) is 3.53. The fourth-order valence-electron chi connectivity index (χ4n) is 2.34. The van der Waals surface area contributed by atoms with Crippen molar-refractivity contribution in [1.29, 1.82) is 0 Å². The number of nitrogens with zero attached hydrogens (tertiary/aromatic N) is 2. The summed E-state index contributed by atoms with van der Waals surface area (Å²) in [6.45, 7) is 0. The molecule has 0 amide bonds. The van der Waals surface area contributed by atoms with Gasteiger partial charge in [-0.05, 0) is 47.0 Å². The van der Waals surface area contributed by atoms with Gasteiger partial charge in [-0.25, -0.2) is 9.97 Å². The van der Waals surface area contributed by atoms with Gasteiger partial charge in [-0.1, -0.05) is 0 Å². The van der Waals surface area contributed by atoms with Crippen LogP contribution in [0.3, 0.4) is 0 Å². The molecule has 20 heavy (non-hydrogen) atoms. The lowest BCUT2D eigenvalue weighted by Crippen LogP contribution is -2.13. The molecule has 2 aromatic rings. The van der Waals surface area contributed by atoms with Crippen LogP contribution in [0.1, 0.15) is 28.9 Å². The molecule has 0 saturated heterocycles. The minimum absolute atomic E-state index is 0.147. The van der Waals surface area contributed by atoms with Gasteiger partial charge in [0.2, 0.25) is 0 Å². The van der Waals surface area contributed by atoms with Crippen LogP contribution in [0.5, 0.6) is 5.75 Å². The lowest BCUT2D eigenvalue weighted by molar-refractivity contribution is 0.0971. The highest BCUT2D eigenvalue weighted by Crippen LogP contribution is 2.30. The third-order valence-electron chi connectivity index (χ3n) is 3.40. The molecule has 0 radical (unpaired) electrons. The maximum absolute atomic E-state index is 11.8. The molecular formula is C15H13BrN2O2. The molecule has 0 atom stereocenters. The average molecular weight is 333 g/mol. The van der Waals surface area contributed by atoms with Crippen molar-refractivity contribution in [3.63, 3.8) is 0 Å². The second-order valence-electron chi connectivity index (χ2n) is 4.68. The number of aryl methyl sites for hydroxylation is 1. The van der Waals surface area contributed by atoms with Crippen molar-refractivity contribution in [1.82, 2.24) is 9.97 Å². The second kappa shape index (κ2) is 5.32. The van der Waals surface area contributed by atoms with Gasteiger partial charge in [0, 0.05) is 18.2 Å². The van der Waals surface area contributed by atoms with Crippen molar-refractivity contribution >= 4 is 21.7 Å². The van der Waals surface area contributed by atoms with Gasteiger partial charge < -0.3 is 4.74 Å². The van der Waals surface area contributed by atoms with Gasteiger partial charge in [0.25, 0.3) is 0 Å². The van der Waals surface area contributed by atoms with Crippen LogP contribution in [-0.2, 0) is 6.42 Å². The number of hydrogen-bond acceptors (Lipinski definition) is 4. The molecule has 0 fully saturated rings. The smallest absolute Gasteiger partial charge is 0.166 e. The molecule has 0 saturated carbocycles. The molecule has 0 bridgehead atoms. The van der Waals surface area contributed by atoms with E-state index in [9.17, 15) is 4.79 Å². The van der Waals surface area contributed by atoms with E-state index in [2.05, 4.69) is 25.9 Å². The van der Waals surface area contributed by atoms with E-state index in [1.54, 1.807) is 13.3 Å². The molecule has 0 spiro atoms. The molecule has 5 heteroatoms. The van der Waals surface area contributed by atoms with E-state index in [0.717, 1.165) is 34.3 Å². The SMILES string of the molecule is COc1ccc(-c2ncc3c(n2)CCCC3=O)cc1Br. The Balaban J connectivity index is 2.03. The third-order valence-corrected chi connectivity index (χ3v) is 4.02. The largest absolute Gasteiger partial charge is 0.496 e. The Hall–Kier alpha value is -1.75. The number of benzene rings is 1. The highest BCUT2D eigenvalue weighted by Gasteiger charge is 2.19. The number of aromatic nitrogens is 2. The molecule has 0 unspecified atom stereocenters. The van der Waals surface area contributed by atoms with E-state index < -0.39 is 0 Å². The Morgan fingerprint density at radius 2 is 2.15 bits per heavy atom. The zero-order valence-corrected chi connectivity index (χ0v) is 12.6. The van der Waals surface area contributed by atoms with E-state index in [0.29, 0.717) is 17.8 Å². The Labute approximate surface area is 125 Å². The lowest BCUT2D eigenvalue weighted by atomic mass is 9.96. The van der Waals surface area contributed by atoms with Crippen LogP contribution < -0.4 is 4.74 Å². The van der Waals surface area contributed by atoms with E-state index in [-0.39, 0.29) is 5.78 Å². The first-order chi connectivity index (χ1) is 9.69. The van der Waals surface area contributed by atoms with Crippen LogP contribution in [0.15, 0.2) is 28.9 Å². The number of methoxy groups -OCH3 is 1. The minimum Gasteiger partial charge on any atom is -0.496 e. The van der Waals surface area contributed by atoms with Crippen molar-refractivity contribution in [3.8, 4) is 17.1 Å². The molecule has 1 aliphatic rings. The predicted molar refractivity (Wildman–Crippen MR) is 79.0 cm³/mol. The summed E-state index contributed by atoms with van der Waals surface area (Å²) in [5, 5.41) is 0. The second-order valence-corrected chi connectivity index (χ2v) is 5.53. The molecule has 0 aliphatic heterocycles. The van der Waals surface area contributed by atoms with E-state index in [1.165, 1.54) is 0 Å². The summed E-state index contributed by atoms with van der Waals surface area (Å²) in [5.74, 6) is 1.55. The fraction of sp³-hybridized carbons (Fsp3) is 0.267. The van der Waals surface area contributed by atoms with Crippen molar-refractivity contribution in [2.45, 2.75) is 19.3 Å². The summed E-state index contributed by atoms with van der Waals surface area (Å²) in [7, 11) is 1.63. The summed E-state index contributed by atoms with van der Waals surface area (Å²) in [5.41, 5.74) is 2.43. The predicted octanol–water partition coefficient (Wildman–Crippen LogP) is 3.43. The van der Waals surface area contributed by atoms with Gasteiger partial charge in [-0.3, -0.25) is 4.79 Å². The van der Waals surface area contributed by atoms with Crippen LogP contribution in [0.25, 0.3) is 11.4 Å². The molecule has 1 heterocycles. The summed E-state index contributed by atoms with van der Waals surface area (Å²) >= 11 is 3.45. The normalized spacial score (nSPS) is 14.0. The molecular weight excluding hydrogens is 320 g/mol. The van der Waals surface area contributed by atoms with Gasteiger partial charge >= 0.3 is 0 Å². The van der Waals surface area contributed by atoms with Gasteiger partial charge in [-0.2, -0.15) is 0 Å². The number of Topliss-reactive ketones (excluding diaryl/α,β-unsaturated/α-hetero) is 1. The van der Waals surface area contributed by atoms with Gasteiger partial charge in [0.1, 0.15) is 5.75 Å². The number of carbonyl (C=O) groups is 1. The van der Waals surface area contributed by atoms with E-state index >= 15 is 0 Å². The molecule has 1 aromatic carbocycles. The van der Waals surface area contributed by atoms with Crippen molar-refractivity contribution in [3.05, 3.63) is 40.1 Å². The van der Waals surface area contributed by atoms with Crippen LogP contribution in [-0.4, -0.2) is 22.9 Å². The average Bonchev–Trinajstić information content (AvgIpc) is 2.47. The zero-order chi connectivity index (χ0) is 14.1. The molecule has 1 aromatic heterocycles. The number of halogens is 1.